The zero-order valence-electron chi connectivity index (χ0n) is 10.7. The molecule has 1 amide bonds. The van der Waals surface area contributed by atoms with Crippen LogP contribution in [0.1, 0.15) is 44.9 Å². The Hall–Kier alpha value is -1.06. The van der Waals surface area contributed by atoms with Gasteiger partial charge in [0.2, 0.25) is 5.91 Å². The van der Waals surface area contributed by atoms with Gasteiger partial charge in [-0.2, -0.15) is 0 Å². The largest absolute Gasteiger partial charge is 0.480 e. The molecule has 0 aromatic carbocycles. The van der Waals surface area contributed by atoms with Gasteiger partial charge in [0.1, 0.15) is 6.54 Å². The summed E-state index contributed by atoms with van der Waals surface area (Å²) in [5.41, 5.74) is 0. The van der Waals surface area contributed by atoms with E-state index >= 15 is 0 Å². The molecule has 0 saturated heterocycles. The lowest BCUT2D eigenvalue weighted by molar-refractivity contribution is -0.148. The quantitative estimate of drug-likeness (QED) is 0.830. The molecule has 2 atom stereocenters. The van der Waals surface area contributed by atoms with E-state index in [1.165, 1.54) is 6.42 Å². The minimum absolute atomic E-state index is 0.102. The van der Waals surface area contributed by atoms with E-state index in [0.717, 1.165) is 50.4 Å². The molecule has 100 valence electrons. The number of rotatable bonds is 4. The average Bonchev–Trinajstić information content (AvgIpc) is 2.82. The van der Waals surface area contributed by atoms with Crippen LogP contribution in [0.4, 0.5) is 0 Å². The second-order valence-corrected chi connectivity index (χ2v) is 6.22. The lowest BCUT2D eigenvalue weighted by Gasteiger charge is -2.30. The average molecular weight is 251 g/mol. The SMILES string of the molecule is O=C(O)CN(C(=O)C1CC2CC2C1)C1CCCC1. The Bertz CT molecular complexity index is 352. The molecule has 4 heteroatoms. The molecule has 4 nitrogen and oxygen atoms in total. The highest BCUT2D eigenvalue weighted by atomic mass is 16.4. The maximum Gasteiger partial charge on any atom is 0.323 e. The number of carboxylic acid groups (broad SMARTS) is 1. The zero-order valence-corrected chi connectivity index (χ0v) is 10.7. The van der Waals surface area contributed by atoms with Gasteiger partial charge in [-0.1, -0.05) is 12.8 Å². The molecular formula is C14H21NO3. The van der Waals surface area contributed by atoms with Gasteiger partial charge in [0.25, 0.3) is 0 Å². The summed E-state index contributed by atoms with van der Waals surface area (Å²) in [7, 11) is 0. The van der Waals surface area contributed by atoms with Crippen LogP contribution in [0.15, 0.2) is 0 Å². The molecule has 0 bridgehead atoms. The van der Waals surface area contributed by atoms with E-state index in [0.29, 0.717) is 0 Å². The van der Waals surface area contributed by atoms with Crippen molar-refractivity contribution >= 4 is 11.9 Å². The third-order valence-electron chi connectivity index (χ3n) is 4.95. The fourth-order valence-corrected chi connectivity index (χ4v) is 3.90. The second-order valence-electron chi connectivity index (χ2n) is 6.22. The van der Waals surface area contributed by atoms with Gasteiger partial charge in [0.05, 0.1) is 0 Å². The monoisotopic (exact) mass is 251 g/mol. The number of fused-ring (bicyclic) bond motifs is 1. The normalized spacial score (nSPS) is 34.3. The smallest absolute Gasteiger partial charge is 0.323 e. The first kappa shape index (κ1) is 12.0. The third kappa shape index (κ3) is 2.25. The van der Waals surface area contributed by atoms with E-state index in [1.807, 2.05) is 0 Å². The number of carbonyl (C=O) groups is 2. The summed E-state index contributed by atoms with van der Waals surface area (Å²) >= 11 is 0. The summed E-state index contributed by atoms with van der Waals surface area (Å²) in [6.45, 7) is -0.102. The van der Waals surface area contributed by atoms with Gasteiger partial charge in [-0.25, -0.2) is 0 Å². The van der Waals surface area contributed by atoms with Gasteiger partial charge in [-0.05, 0) is 43.9 Å². The van der Waals surface area contributed by atoms with E-state index in [-0.39, 0.29) is 24.4 Å². The highest BCUT2D eigenvalue weighted by Gasteiger charge is 2.49. The number of hydrogen-bond acceptors (Lipinski definition) is 2. The topological polar surface area (TPSA) is 57.6 Å². The Kier molecular flexibility index (Phi) is 3.04. The lowest BCUT2D eigenvalue weighted by Crippen LogP contribution is -2.45. The van der Waals surface area contributed by atoms with Crippen molar-refractivity contribution in [3.8, 4) is 0 Å². The summed E-state index contributed by atoms with van der Waals surface area (Å²) in [5, 5.41) is 9.00. The predicted octanol–water partition coefficient (Wildman–Crippen LogP) is 1.89. The highest BCUT2D eigenvalue weighted by Crippen LogP contribution is 2.54. The van der Waals surface area contributed by atoms with Gasteiger partial charge >= 0.3 is 5.97 Å². The molecule has 0 spiro atoms. The van der Waals surface area contributed by atoms with Crippen molar-refractivity contribution < 1.29 is 14.7 Å². The van der Waals surface area contributed by atoms with Crippen molar-refractivity contribution in [2.75, 3.05) is 6.54 Å². The van der Waals surface area contributed by atoms with E-state index in [9.17, 15) is 9.59 Å². The van der Waals surface area contributed by atoms with E-state index in [4.69, 9.17) is 5.11 Å². The molecule has 3 aliphatic rings. The van der Waals surface area contributed by atoms with Crippen LogP contribution in [-0.4, -0.2) is 34.5 Å². The standard InChI is InChI=1S/C14H21NO3/c16-13(17)8-15(12-3-1-2-4-12)14(18)11-6-9-5-10(9)7-11/h9-12H,1-8H2,(H,16,17). The minimum atomic E-state index is -0.876. The summed E-state index contributed by atoms with van der Waals surface area (Å²) < 4.78 is 0. The predicted molar refractivity (Wildman–Crippen MR) is 65.9 cm³/mol. The first-order chi connectivity index (χ1) is 8.65. The number of nitrogens with zero attached hydrogens (tertiary/aromatic N) is 1. The van der Waals surface area contributed by atoms with Crippen molar-refractivity contribution in [2.24, 2.45) is 17.8 Å². The van der Waals surface area contributed by atoms with Gasteiger partial charge in [-0.15, -0.1) is 0 Å². The Morgan fingerprint density at radius 2 is 1.67 bits per heavy atom. The van der Waals surface area contributed by atoms with E-state index in [2.05, 4.69) is 0 Å². The van der Waals surface area contributed by atoms with Gasteiger partial charge in [0, 0.05) is 12.0 Å². The lowest BCUT2D eigenvalue weighted by atomic mass is 10.0. The maximum atomic E-state index is 12.5. The maximum absolute atomic E-state index is 12.5. The van der Waals surface area contributed by atoms with E-state index < -0.39 is 5.97 Å². The molecular weight excluding hydrogens is 230 g/mol. The van der Waals surface area contributed by atoms with E-state index in [1.54, 1.807) is 4.90 Å². The van der Waals surface area contributed by atoms with Crippen molar-refractivity contribution in [2.45, 2.75) is 51.0 Å². The molecule has 0 heterocycles. The number of aliphatic carboxylic acids is 1. The van der Waals surface area contributed by atoms with Crippen LogP contribution in [-0.2, 0) is 9.59 Å². The number of amides is 1. The summed E-state index contributed by atoms with van der Waals surface area (Å²) in [4.78, 5) is 25.1. The number of carboxylic acids is 1. The highest BCUT2D eigenvalue weighted by molar-refractivity contribution is 5.83. The Morgan fingerprint density at radius 3 is 2.22 bits per heavy atom. The second kappa shape index (κ2) is 4.56. The van der Waals surface area contributed by atoms with Gasteiger partial charge in [-0.3, -0.25) is 9.59 Å². The molecule has 3 rings (SSSR count). The number of hydrogen-bond donors (Lipinski definition) is 1. The van der Waals surface area contributed by atoms with Crippen LogP contribution < -0.4 is 0 Å². The molecule has 3 fully saturated rings. The molecule has 3 aliphatic carbocycles. The van der Waals surface area contributed by atoms with Crippen LogP contribution in [0.2, 0.25) is 0 Å². The van der Waals surface area contributed by atoms with Crippen LogP contribution in [0.25, 0.3) is 0 Å². The Balaban J connectivity index is 1.66. The van der Waals surface area contributed by atoms with Gasteiger partial charge < -0.3 is 10.0 Å². The molecule has 18 heavy (non-hydrogen) atoms. The summed E-state index contributed by atoms with van der Waals surface area (Å²) in [6.07, 6.45) is 7.54. The van der Waals surface area contributed by atoms with Gasteiger partial charge in [0.15, 0.2) is 0 Å². The van der Waals surface area contributed by atoms with Crippen molar-refractivity contribution in [1.29, 1.82) is 0 Å². The molecule has 0 aliphatic heterocycles. The van der Waals surface area contributed by atoms with Crippen molar-refractivity contribution in [3.05, 3.63) is 0 Å². The molecule has 1 N–H and O–H groups in total. The molecule has 2 unspecified atom stereocenters. The first-order valence-electron chi connectivity index (χ1n) is 7.17. The van der Waals surface area contributed by atoms with Crippen LogP contribution in [0.5, 0.6) is 0 Å². The third-order valence-corrected chi connectivity index (χ3v) is 4.95. The molecule has 0 aromatic heterocycles. The fraction of sp³-hybridized carbons (Fsp3) is 0.857. The summed E-state index contributed by atoms with van der Waals surface area (Å²) in [5.74, 6) is 0.909. The van der Waals surface area contributed by atoms with Crippen LogP contribution in [0, 0.1) is 17.8 Å². The minimum Gasteiger partial charge on any atom is -0.480 e. The summed E-state index contributed by atoms with van der Waals surface area (Å²) in [6, 6.07) is 0.186. The zero-order chi connectivity index (χ0) is 12.7. The molecule has 0 radical (unpaired) electrons. The van der Waals surface area contributed by atoms with Crippen LogP contribution in [0.3, 0.4) is 0 Å². The molecule has 3 saturated carbocycles. The number of carbonyl (C=O) groups excluding carboxylic acids is 1. The molecule has 0 aromatic rings. The first-order valence-corrected chi connectivity index (χ1v) is 7.17. The van der Waals surface area contributed by atoms with Crippen molar-refractivity contribution in [3.63, 3.8) is 0 Å². The van der Waals surface area contributed by atoms with Crippen LogP contribution >= 0.6 is 0 Å². The Labute approximate surface area is 107 Å². The fourth-order valence-electron chi connectivity index (χ4n) is 3.90. The van der Waals surface area contributed by atoms with Crippen molar-refractivity contribution in [1.82, 2.24) is 4.90 Å². The Morgan fingerprint density at radius 1 is 1.06 bits per heavy atom.